The van der Waals surface area contributed by atoms with Crippen molar-refractivity contribution in [3.63, 3.8) is 0 Å². The minimum atomic E-state index is 0.431. The first-order chi connectivity index (χ1) is 6.29. The molecule has 0 saturated heterocycles. The Morgan fingerprint density at radius 1 is 1.38 bits per heavy atom. The summed E-state index contributed by atoms with van der Waals surface area (Å²) in [5.74, 6) is 5.90. The van der Waals surface area contributed by atoms with Crippen LogP contribution in [0.25, 0.3) is 11.0 Å². The zero-order valence-electron chi connectivity index (χ0n) is 7.41. The van der Waals surface area contributed by atoms with E-state index in [0.29, 0.717) is 6.61 Å². The van der Waals surface area contributed by atoms with Crippen LogP contribution in [0.2, 0.25) is 0 Å². The van der Waals surface area contributed by atoms with Crippen LogP contribution in [0.3, 0.4) is 0 Å². The maximum Gasteiger partial charge on any atom is 0.134 e. The molecule has 1 heterocycles. The molecule has 0 atom stereocenters. The average Bonchev–Trinajstić information content (AvgIpc) is 2.44. The lowest BCUT2D eigenvalue weighted by molar-refractivity contribution is 0.124. The molecule has 0 aliphatic rings. The Bertz CT molecular complexity index is 420. The van der Waals surface area contributed by atoms with E-state index in [9.17, 15) is 0 Å². The Morgan fingerprint density at radius 3 is 3.00 bits per heavy atom. The van der Waals surface area contributed by atoms with Gasteiger partial charge < -0.3 is 4.42 Å². The van der Waals surface area contributed by atoms with Gasteiger partial charge in [0.25, 0.3) is 0 Å². The lowest BCUT2D eigenvalue weighted by Gasteiger charge is -1.97. The van der Waals surface area contributed by atoms with E-state index < -0.39 is 0 Å². The number of fused-ring (bicyclic) bond motifs is 1. The Labute approximate surface area is 76.0 Å². The zero-order chi connectivity index (χ0) is 9.26. The van der Waals surface area contributed by atoms with Gasteiger partial charge >= 0.3 is 0 Å². The molecular weight excluding hydrogens is 166 g/mol. The van der Waals surface area contributed by atoms with Crippen molar-refractivity contribution in [3.05, 3.63) is 35.6 Å². The van der Waals surface area contributed by atoms with E-state index in [-0.39, 0.29) is 0 Å². The second-order valence-electron chi connectivity index (χ2n) is 3.04. The number of benzene rings is 1. The third kappa shape index (κ3) is 1.56. The fourth-order valence-electron chi connectivity index (χ4n) is 1.41. The van der Waals surface area contributed by atoms with Gasteiger partial charge in [0.05, 0.1) is 6.61 Å². The SMILES string of the molecule is Cc1cc2cc(CON)ccc2o1. The maximum absolute atomic E-state index is 5.43. The zero-order valence-corrected chi connectivity index (χ0v) is 7.41. The number of hydrogen-bond acceptors (Lipinski definition) is 3. The molecule has 0 fully saturated rings. The lowest BCUT2D eigenvalue weighted by Crippen LogP contribution is -1.98. The van der Waals surface area contributed by atoms with Crippen molar-refractivity contribution in [1.29, 1.82) is 0 Å². The highest BCUT2D eigenvalue weighted by molar-refractivity contribution is 5.78. The first-order valence-corrected chi connectivity index (χ1v) is 4.10. The minimum absolute atomic E-state index is 0.431. The molecule has 3 heteroatoms. The van der Waals surface area contributed by atoms with Gasteiger partial charge in [0.2, 0.25) is 0 Å². The maximum atomic E-state index is 5.43. The van der Waals surface area contributed by atoms with Crippen molar-refractivity contribution in [1.82, 2.24) is 0 Å². The van der Waals surface area contributed by atoms with Crippen molar-refractivity contribution in [2.75, 3.05) is 0 Å². The number of rotatable bonds is 2. The molecule has 0 aliphatic carbocycles. The third-order valence-electron chi connectivity index (χ3n) is 1.95. The predicted molar refractivity (Wildman–Crippen MR) is 49.9 cm³/mol. The van der Waals surface area contributed by atoms with Gasteiger partial charge in [-0.05, 0) is 30.7 Å². The summed E-state index contributed by atoms with van der Waals surface area (Å²) in [4.78, 5) is 4.55. The normalized spacial score (nSPS) is 10.9. The van der Waals surface area contributed by atoms with Crippen molar-refractivity contribution < 1.29 is 9.25 Å². The van der Waals surface area contributed by atoms with E-state index in [1.54, 1.807) is 0 Å². The molecule has 0 saturated carbocycles. The fourth-order valence-corrected chi connectivity index (χ4v) is 1.41. The van der Waals surface area contributed by atoms with Crippen LogP contribution in [-0.4, -0.2) is 0 Å². The van der Waals surface area contributed by atoms with E-state index in [4.69, 9.17) is 10.3 Å². The van der Waals surface area contributed by atoms with E-state index >= 15 is 0 Å². The monoisotopic (exact) mass is 177 g/mol. The molecule has 3 nitrogen and oxygen atoms in total. The van der Waals surface area contributed by atoms with Crippen LogP contribution in [-0.2, 0) is 11.4 Å². The second-order valence-corrected chi connectivity index (χ2v) is 3.04. The smallest absolute Gasteiger partial charge is 0.134 e. The minimum Gasteiger partial charge on any atom is -0.461 e. The predicted octanol–water partition coefficient (Wildman–Crippen LogP) is 2.13. The highest BCUT2D eigenvalue weighted by atomic mass is 16.6. The third-order valence-corrected chi connectivity index (χ3v) is 1.95. The van der Waals surface area contributed by atoms with Gasteiger partial charge in [0, 0.05) is 5.39 Å². The van der Waals surface area contributed by atoms with Crippen LogP contribution in [0, 0.1) is 6.92 Å². The summed E-state index contributed by atoms with van der Waals surface area (Å²) < 4.78 is 5.43. The average molecular weight is 177 g/mol. The summed E-state index contributed by atoms with van der Waals surface area (Å²) in [5.41, 5.74) is 1.95. The van der Waals surface area contributed by atoms with Gasteiger partial charge in [0.1, 0.15) is 11.3 Å². The summed E-state index contributed by atoms with van der Waals surface area (Å²) in [6, 6.07) is 7.88. The van der Waals surface area contributed by atoms with Crippen LogP contribution >= 0.6 is 0 Å². The van der Waals surface area contributed by atoms with Crippen molar-refractivity contribution in [2.45, 2.75) is 13.5 Å². The number of aryl methyl sites for hydroxylation is 1. The molecule has 2 N–H and O–H groups in total. The molecule has 0 bridgehead atoms. The molecule has 68 valence electrons. The Morgan fingerprint density at radius 2 is 2.23 bits per heavy atom. The van der Waals surface area contributed by atoms with Gasteiger partial charge in [-0.3, -0.25) is 4.84 Å². The number of hydrogen-bond donors (Lipinski definition) is 1. The number of furan rings is 1. The molecule has 13 heavy (non-hydrogen) atoms. The molecule has 2 aromatic rings. The van der Waals surface area contributed by atoms with Crippen LogP contribution in [0.5, 0.6) is 0 Å². The van der Waals surface area contributed by atoms with Crippen molar-refractivity contribution in [3.8, 4) is 0 Å². The van der Waals surface area contributed by atoms with Crippen LogP contribution in [0.4, 0.5) is 0 Å². The number of nitrogens with two attached hydrogens (primary N) is 1. The van der Waals surface area contributed by atoms with Gasteiger partial charge in [-0.1, -0.05) is 6.07 Å². The highest BCUT2D eigenvalue weighted by Gasteiger charge is 2.00. The van der Waals surface area contributed by atoms with Crippen molar-refractivity contribution >= 4 is 11.0 Å². The molecule has 0 aliphatic heterocycles. The van der Waals surface area contributed by atoms with E-state index in [1.165, 1.54) is 0 Å². The van der Waals surface area contributed by atoms with Crippen LogP contribution in [0.1, 0.15) is 11.3 Å². The topological polar surface area (TPSA) is 48.4 Å². The first kappa shape index (κ1) is 8.29. The summed E-state index contributed by atoms with van der Waals surface area (Å²) in [5, 5.41) is 1.09. The lowest BCUT2D eigenvalue weighted by atomic mass is 10.2. The van der Waals surface area contributed by atoms with Crippen LogP contribution in [0.15, 0.2) is 28.7 Å². The molecule has 0 spiro atoms. The molecule has 0 radical (unpaired) electrons. The molecule has 1 aromatic heterocycles. The quantitative estimate of drug-likeness (QED) is 0.715. The van der Waals surface area contributed by atoms with Crippen molar-refractivity contribution in [2.24, 2.45) is 5.90 Å². The Hall–Kier alpha value is -1.32. The van der Waals surface area contributed by atoms with Gasteiger partial charge in [0.15, 0.2) is 0 Å². The Kier molecular flexibility index (Phi) is 2.04. The first-order valence-electron chi connectivity index (χ1n) is 4.10. The van der Waals surface area contributed by atoms with E-state index in [2.05, 4.69) is 4.84 Å². The molecule has 0 unspecified atom stereocenters. The summed E-state index contributed by atoms with van der Waals surface area (Å²) in [6.07, 6.45) is 0. The van der Waals surface area contributed by atoms with Gasteiger partial charge in [-0.2, -0.15) is 0 Å². The standard InChI is InChI=1S/C10H11NO2/c1-7-4-9-5-8(6-12-11)2-3-10(9)13-7/h2-5H,6,11H2,1H3. The largest absolute Gasteiger partial charge is 0.461 e. The van der Waals surface area contributed by atoms with Gasteiger partial charge in [-0.15, -0.1) is 0 Å². The van der Waals surface area contributed by atoms with E-state index in [1.807, 2.05) is 31.2 Å². The summed E-state index contributed by atoms with van der Waals surface area (Å²) in [7, 11) is 0. The molecule has 0 amide bonds. The second kappa shape index (κ2) is 3.20. The fraction of sp³-hybridized carbons (Fsp3) is 0.200. The molecule has 1 aromatic carbocycles. The molecular formula is C10H11NO2. The van der Waals surface area contributed by atoms with Crippen LogP contribution < -0.4 is 5.90 Å². The van der Waals surface area contributed by atoms with Gasteiger partial charge in [-0.25, -0.2) is 5.90 Å². The summed E-state index contributed by atoms with van der Waals surface area (Å²) >= 11 is 0. The molecule has 2 rings (SSSR count). The summed E-state index contributed by atoms with van der Waals surface area (Å²) in [6.45, 7) is 2.36. The Balaban J connectivity index is 2.48. The van der Waals surface area contributed by atoms with E-state index in [0.717, 1.165) is 22.3 Å². The highest BCUT2D eigenvalue weighted by Crippen LogP contribution is 2.20.